The molecule has 4 nitrogen and oxygen atoms in total. The molecule has 1 aliphatic heterocycles. The van der Waals surface area contributed by atoms with Crippen LogP contribution in [0, 0.1) is 6.92 Å². The van der Waals surface area contributed by atoms with Crippen molar-refractivity contribution in [3.8, 4) is 5.75 Å². The first kappa shape index (κ1) is 12.9. The smallest absolute Gasteiger partial charge is 0.260 e. The summed E-state index contributed by atoms with van der Waals surface area (Å²) in [4.78, 5) is 13.7. The van der Waals surface area contributed by atoms with Gasteiger partial charge in [0.25, 0.3) is 5.91 Å². The third kappa shape index (κ3) is 3.47. The summed E-state index contributed by atoms with van der Waals surface area (Å²) in [7, 11) is 0. The molecule has 1 aliphatic rings. The van der Waals surface area contributed by atoms with E-state index >= 15 is 0 Å². The summed E-state index contributed by atoms with van der Waals surface area (Å²) in [5.41, 5.74) is 1.18. The third-order valence-corrected chi connectivity index (χ3v) is 2.98. The molecule has 0 bridgehead atoms. The fourth-order valence-electron chi connectivity index (χ4n) is 1.92. The van der Waals surface area contributed by atoms with Crippen LogP contribution in [0.25, 0.3) is 0 Å². The van der Waals surface area contributed by atoms with E-state index in [2.05, 4.69) is 0 Å². The fourth-order valence-corrected chi connectivity index (χ4v) is 1.92. The molecule has 4 heteroatoms. The van der Waals surface area contributed by atoms with E-state index in [1.54, 1.807) is 4.90 Å². The van der Waals surface area contributed by atoms with Gasteiger partial charge in [0.15, 0.2) is 6.61 Å². The summed E-state index contributed by atoms with van der Waals surface area (Å²) in [5, 5.41) is 0. The van der Waals surface area contributed by atoms with E-state index in [0.29, 0.717) is 19.7 Å². The summed E-state index contributed by atoms with van der Waals surface area (Å²) >= 11 is 0. The van der Waals surface area contributed by atoms with E-state index < -0.39 is 0 Å². The molecule has 0 spiro atoms. The van der Waals surface area contributed by atoms with E-state index in [0.717, 1.165) is 5.75 Å². The van der Waals surface area contributed by atoms with E-state index in [4.69, 9.17) is 9.47 Å². The SMILES string of the molecule is Cc1ccc(OCC(=O)N2CCO[C@H](C)C2)cc1. The topological polar surface area (TPSA) is 38.8 Å². The van der Waals surface area contributed by atoms with Crippen LogP contribution in [0.3, 0.4) is 0 Å². The maximum Gasteiger partial charge on any atom is 0.260 e. The summed E-state index contributed by atoms with van der Waals surface area (Å²) in [6, 6.07) is 7.70. The van der Waals surface area contributed by atoms with Gasteiger partial charge in [-0.2, -0.15) is 0 Å². The monoisotopic (exact) mass is 249 g/mol. The number of nitrogens with zero attached hydrogens (tertiary/aromatic N) is 1. The number of amides is 1. The molecule has 0 N–H and O–H groups in total. The highest BCUT2D eigenvalue weighted by molar-refractivity contribution is 5.77. The van der Waals surface area contributed by atoms with Crippen LogP contribution in [-0.2, 0) is 9.53 Å². The minimum absolute atomic E-state index is 0.0192. The summed E-state index contributed by atoms with van der Waals surface area (Å²) in [5.74, 6) is 0.751. The lowest BCUT2D eigenvalue weighted by Gasteiger charge is -2.31. The molecule has 2 rings (SSSR count). The Labute approximate surface area is 107 Å². The Balaban J connectivity index is 1.82. The van der Waals surface area contributed by atoms with E-state index in [-0.39, 0.29) is 18.6 Å². The van der Waals surface area contributed by atoms with Gasteiger partial charge in [0.2, 0.25) is 0 Å². The van der Waals surface area contributed by atoms with Crippen molar-refractivity contribution in [3.05, 3.63) is 29.8 Å². The van der Waals surface area contributed by atoms with E-state index in [9.17, 15) is 4.79 Å². The standard InChI is InChI=1S/C14H19NO3/c1-11-3-5-13(6-4-11)18-10-14(16)15-7-8-17-12(2)9-15/h3-6,12H,7-10H2,1-2H3/t12-/m1/s1. The summed E-state index contributed by atoms with van der Waals surface area (Å²) in [6.45, 7) is 5.99. The summed E-state index contributed by atoms with van der Waals surface area (Å²) in [6.07, 6.45) is 0.113. The predicted molar refractivity (Wildman–Crippen MR) is 68.7 cm³/mol. The fraction of sp³-hybridized carbons (Fsp3) is 0.500. The van der Waals surface area contributed by atoms with Gasteiger partial charge in [-0.05, 0) is 26.0 Å². The van der Waals surface area contributed by atoms with Gasteiger partial charge < -0.3 is 14.4 Å². The molecule has 1 amide bonds. The molecule has 1 atom stereocenters. The lowest BCUT2D eigenvalue weighted by molar-refractivity contribution is -0.140. The van der Waals surface area contributed by atoms with Crippen molar-refractivity contribution in [3.63, 3.8) is 0 Å². The molecule has 0 aliphatic carbocycles. The minimum atomic E-state index is 0.0192. The molecular weight excluding hydrogens is 230 g/mol. The molecule has 1 aromatic rings. The van der Waals surface area contributed by atoms with Crippen LogP contribution in [0.15, 0.2) is 24.3 Å². The summed E-state index contributed by atoms with van der Waals surface area (Å²) < 4.78 is 10.9. The van der Waals surface area contributed by atoms with Gasteiger partial charge in [0.1, 0.15) is 5.75 Å². The Morgan fingerprint density at radius 3 is 2.83 bits per heavy atom. The van der Waals surface area contributed by atoms with Crippen molar-refractivity contribution < 1.29 is 14.3 Å². The first-order chi connectivity index (χ1) is 8.65. The molecule has 18 heavy (non-hydrogen) atoms. The molecule has 1 aromatic carbocycles. The van der Waals surface area contributed by atoms with Crippen LogP contribution < -0.4 is 4.74 Å². The molecule has 0 unspecified atom stereocenters. The Kier molecular flexibility index (Phi) is 4.20. The van der Waals surface area contributed by atoms with Crippen molar-refractivity contribution in [1.82, 2.24) is 4.90 Å². The van der Waals surface area contributed by atoms with Gasteiger partial charge in [0, 0.05) is 13.1 Å². The lowest BCUT2D eigenvalue weighted by atomic mass is 10.2. The van der Waals surface area contributed by atoms with Crippen LogP contribution >= 0.6 is 0 Å². The predicted octanol–water partition coefficient (Wildman–Crippen LogP) is 1.62. The number of aryl methyl sites for hydroxylation is 1. The zero-order chi connectivity index (χ0) is 13.0. The quantitative estimate of drug-likeness (QED) is 0.817. The first-order valence-electron chi connectivity index (χ1n) is 6.24. The molecule has 0 saturated carbocycles. The number of hydrogen-bond acceptors (Lipinski definition) is 3. The number of rotatable bonds is 3. The maximum atomic E-state index is 11.9. The average molecular weight is 249 g/mol. The molecule has 98 valence electrons. The van der Waals surface area contributed by atoms with Crippen LogP contribution in [0.2, 0.25) is 0 Å². The first-order valence-corrected chi connectivity index (χ1v) is 6.24. The van der Waals surface area contributed by atoms with Gasteiger partial charge in [-0.25, -0.2) is 0 Å². The Morgan fingerprint density at radius 1 is 1.44 bits per heavy atom. The Hall–Kier alpha value is -1.55. The maximum absolute atomic E-state index is 11.9. The number of benzene rings is 1. The minimum Gasteiger partial charge on any atom is -0.484 e. The van der Waals surface area contributed by atoms with Crippen LogP contribution in [0.5, 0.6) is 5.75 Å². The Morgan fingerprint density at radius 2 is 2.17 bits per heavy atom. The van der Waals surface area contributed by atoms with Gasteiger partial charge in [-0.1, -0.05) is 17.7 Å². The van der Waals surface area contributed by atoms with Crippen molar-refractivity contribution in [2.75, 3.05) is 26.3 Å². The highest BCUT2D eigenvalue weighted by atomic mass is 16.5. The van der Waals surface area contributed by atoms with Crippen molar-refractivity contribution in [1.29, 1.82) is 0 Å². The molecule has 0 aromatic heterocycles. The van der Waals surface area contributed by atoms with Crippen LogP contribution in [0.1, 0.15) is 12.5 Å². The molecular formula is C14H19NO3. The number of morpholine rings is 1. The van der Waals surface area contributed by atoms with Gasteiger partial charge in [-0.3, -0.25) is 4.79 Å². The number of hydrogen-bond donors (Lipinski definition) is 0. The molecule has 1 saturated heterocycles. The molecule has 1 fully saturated rings. The van der Waals surface area contributed by atoms with E-state index in [1.165, 1.54) is 5.56 Å². The largest absolute Gasteiger partial charge is 0.484 e. The van der Waals surface area contributed by atoms with Crippen molar-refractivity contribution in [2.45, 2.75) is 20.0 Å². The van der Waals surface area contributed by atoms with Crippen LogP contribution in [0.4, 0.5) is 0 Å². The second-order valence-electron chi connectivity index (χ2n) is 4.62. The number of carbonyl (C=O) groups excluding carboxylic acids is 1. The van der Waals surface area contributed by atoms with Crippen molar-refractivity contribution >= 4 is 5.91 Å². The number of ether oxygens (including phenoxy) is 2. The number of carbonyl (C=O) groups is 1. The van der Waals surface area contributed by atoms with Gasteiger partial charge in [0.05, 0.1) is 12.7 Å². The van der Waals surface area contributed by atoms with Gasteiger partial charge in [-0.15, -0.1) is 0 Å². The van der Waals surface area contributed by atoms with Crippen molar-refractivity contribution in [2.24, 2.45) is 0 Å². The average Bonchev–Trinajstić information content (AvgIpc) is 2.38. The third-order valence-electron chi connectivity index (χ3n) is 2.98. The molecule has 0 radical (unpaired) electrons. The second kappa shape index (κ2) is 5.87. The van der Waals surface area contributed by atoms with E-state index in [1.807, 2.05) is 38.1 Å². The zero-order valence-corrected chi connectivity index (χ0v) is 10.9. The lowest BCUT2D eigenvalue weighted by Crippen LogP contribution is -2.46. The second-order valence-corrected chi connectivity index (χ2v) is 4.62. The highest BCUT2D eigenvalue weighted by Crippen LogP contribution is 2.12. The normalized spacial score (nSPS) is 19.7. The highest BCUT2D eigenvalue weighted by Gasteiger charge is 2.21. The van der Waals surface area contributed by atoms with Gasteiger partial charge >= 0.3 is 0 Å². The Bertz CT molecular complexity index is 402. The molecule has 1 heterocycles. The van der Waals surface area contributed by atoms with Crippen LogP contribution in [-0.4, -0.2) is 43.2 Å². The zero-order valence-electron chi connectivity index (χ0n) is 10.9.